The molecule has 1 rings (SSSR count). The van der Waals surface area contributed by atoms with Crippen LogP contribution in [0.4, 0.5) is 0 Å². The first kappa shape index (κ1) is 11.8. The molecule has 0 aromatic rings. The van der Waals surface area contributed by atoms with Crippen LogP contribution in [0.2, 0.25) is 0 Å². The summed E-state index contributed by atoms with van der Waals surface area (Å²) in [5, 5.41) is 0. The molecule has 1 aliphatic carbocycles. The minimum Gasteiger partial charge on any atom is -0.0799 e. The average Bonchev–Trinajstić information content (AvgIpc) is 2.02. The Morgan fingerprint density at radius 3 is 2.00 bits per heavy atom. The fourth-order valence-electron chi connectivity index (χ4n) is 2.43. The second-order valence-electron chi connectivity index (χ2n) is 6.25. The van der Waals surface area contributed by atoms with E-state index < -0.39 is 0 Å². The van der Waals surface area contributed by atoms with E-state index in [0.717, 1.165) is 11.8 Å². The molecule has 14 heavy (non-hydrogen) atoms. The van der Waals surface area contributed by atoms with Crippen molar-refractivity contribution in [1.82, 2.24) is 0 Å². The van der Waals surface area contributed by atoms with E-state index >= 15 is 0 Å². The highest BCUT2D eigenvalue weighted by Crippen LogP contribution is 2.34. The van der Waals surface area contributed by atoms with Gasteiger partial charge in [-0.3, -0.25) is 0 Å². The third-order valence-corrected chi connectivity index (χ3v) is 3.25. The zero-order valence-electron chi connectivity index (χ0n) is 10.6. The Balaban J connectivity index is 2.47. The van der Waals surface area contributed by atoms with Crippen LogP contribution in [0.5, 0.6) is 0 Å². The van der Waals surface area contributed by atoms with Crippen LogP contribution in [0, 0.1) is 17.3 Å². The molecule has 0 nitrogen and oxygen atoms in total. The summed E-state index contributed by atoms with van der Waals surface area (Å²) >= 11 is 0. The first-order valence-corrected chi connectivity index (χ1v) is 6.09. The summed E-state index contributed by atoms with van der Waals surface area (Å²) < 4.78 is 0. The minimum absolute atomic E-state index is 0.375. The van der Waals surface area contributed by atoms with Gasteiger partial charge in [0, 0.05) is 0 Å². The lowest BCUT2D eigenvalue weighted by Gasteiger charge is -2.28. The van der Waals surface area contributed by atoms with E-state index in [0.29, 0.717) is 5.41 Å². The number of hydrogen-bond acceptors (Lipinski definition) is 0. The van der Waals surface area contributed by atoms with Gasteiger partial charge in [-0.15, -0.1) is 0 Å². The Morgan fingerprint density at radius 2 is 1.64 bits per heavy atom. The van der Waals surface area contributed by atoms with Crippen LogP contribution in [0.15, 0.2) is 11.6 Å². The summed E-state index contributed by atoms with van der Waals surface area (Å²) in [5.74, 6) is 1.86. The molecular formula is C14H26. The second kappa shape index (κ2) is 4.51. The van der Waals surface area contributed by atoms with E-state index in [1.807, 2.05) is 0 Å². The highest BCUT2D eigenvalue weighted by Gasteiger charge is 2.20. The van der Waals surface area contributed by atoms with E-state index in [1.165, 1.54) is 25.7 Å². The van der Waals surface area contributed by atoms with Crippen LogP contribution in [-0.4, -0.2) is 0 Å². The summed E-state index contributed by atoms with van der Waals surface area (Å²) in [6, 6.07) is 0. The molecule has 0 spiro atoms. The van der Waals surface area contributed by atoms with Gasteiger partial charge in [0.15, 0.2) is 0 Å². The molecule has 0 heterocycles. The van der Waals surface area contributed by atoms with E-state index in [-0.39, 0.29) is 0 Å². The van der Waals surface area contributed by atoms with Crippen LogP contribution < -0.4 is 0 Å². The quantitative estimate of drug-likeness (QED) is 0.526. The molecule has 0 saturated heterocycles. The lowest BCUT2D eigenvalue weighted by molar-refractivity contribution is 0.309. The van der Waals surface area contributed by atoms with Gasteiger partial charge >= 0.3 is 0 Å². The first-order chi connectivity index (χ1) is 6.38. The van der Waals surface area contributed by atoms with Crippen molar-refractivity contribution in [1.29, 1.82) is 0 Å². The summed E-state index contributed by atoms with van der Waals surface area (Å²) in [5.41, 5.74) is 2.08. The fraction of sp³-hybridized carbons (Fsp3) is 0.857. The van der Waals surface area contributed by atoms with Gasteiger partial charge in [0.1, 0.15) is 0 Å². The van der Waals surface area contributed by atoms with Crippen molar-refractivity contribution in [3.63, 3.8) is 0 Å². The zero-order valence-corrected chi connectivity index (χ0v) is 10.6. The molecule has 0 unspecified atom stereocenters. The van der Waals surface area contributed by atoms with Crippen LogP contribution in [0.25, 0.3) is 0 Å². The van der Waals surface area contributed by atoms with Gasteiger partial charge in [-0.1, -0.05) is 46.3 Å². The summed E-state index contributed by atoms with van der Waals surface area (Å²) in [4.78, 5) is 0. The van der Waals surface area contributed by atoms with Crippen LogP contribution in [-0.2, 0) is 0 Å². The highest BCUT2D eigenvalue weighted by atomic mass is 14.3. The maximum Gasteiger partial charge on any atom is -0.0200 e. The number of rotatable bonds is 1. The predicted octanol–water partition coefficient (Wildman–Crippen LogP) is 4.81. The van der Waals surface area contributed by atoms with Gasteiger partial charge in [0.05, 0.1) is 0 Å². The smallest absolute Gasteiger partial charge is 0.0200 e. The fourth-order valence-corrected chi connectivity index (χ4v) is 2.43. The molecule has 0 heteroatoms. The number of hydrogen-bond donors (Lipinski definition) is 0. The maximum atomic E-state index is 2.49. The van der Waals surface area contributed by atoms with Crippen molar-refractivity contribution in [3.8, 4) is 0 Å². The second-order valence-corrected chi connectivity index (χ2v) is 6.25. The molecule has 1 fully saturated rings. The summed E-state index contributed by atoms with van der Waals surface area (Å²) in [6.07, 6.45) is 8.02. The Kier molecular flexibility index (Phi) is 3.80. The van der Waals surface area contributed by atoms with E-state index in [2.05, 4.69) is 40.7 Å². The highest BCUT2D eigenvalue weighted by molar-refractivity contribution is 5.09. The zero-order chi connectivity index (χ0) is 10.8. The largest absolute Gasteiger partial charge is 0.0799 e. The first-order valence-electron chi connectivity index (χ1n) is 6.09. The van der Waals surface area contributed by atoms with Gasteiger partial charge in [-0.05, 0) is 42.9 Å². The lowest BCUT2D eigenvalue weighted by Crippen LogP contribution is -2.15. The van der Waals surface area contributed by atoms with Gasteiger partial charge < -0.3 is 0 Å². The van der Waals surface area contributed by atoms with E-state index in [4.69, 9.17) is 0 Å². The molecule has 0 aromatic heterocycles. The monoisotopic (exact) mass is 194 g/mol. The molecule has 0 atom stereocenters. The van der Waals surface area contributed by atoms with E-state index in [9.17, 15) is 0 Å². The maximum absolute atomic E-state index is 2.49. The molecule has 0 bridgehead atoms. The van der Waals surface area contributed by atoms with Gasteiger partial charge in [-0.25, -0.2) is 0 Å². The molecule has 0 N–H and O–H groups in total. The van der Waals surface area contributed by atoms with Crippen molar-refractivity contribution in [2.45, 2.75) is 60.3 Å². The Morgan fingerprint density at radius 1 is 1.14 bits per heavy atom. The molecule has 1 aliphatic rings. The van der Waals surface area contributed by atoms with Crippen molar-refractivity contribution >= 4 is 0 Å². The Labute approximate surface area is 89.8 Å². The minimum atomic E-state index is 0.375. The van der Waals surface area contributed by atoms with Crippen molar-refractivity contribution in [2.24, 2.45) is 17.3 Å². The average molecular weight is 194 g/mol. The molecule has 0 aromatic carbocycles. The topological polar surface area (TPSA) is 0 Å². The molecule has 0 radical (unpaired) electrons. The van der Waals surface area contributed by atoms with Gasteiger partial charge in [0.25, 0.3) is 0 Å². The predicted molar refractivity (Wildman–Crippen MR) is 64.3 cm³/mol. The van der Waals surface area contributed by atoms with E-state index in [1.54, 1.807) is 5.57 Å². The SMILES string of the molecule is CC(C)C1CCC(=CC(C)(C)C)CC1. The molecule has 0 amide bonds. The normalized spacial score (nSPS) is 24.1. The number of allylic oxidation sites excluding steroid dienone is 2. The van der Waals surface area contributed by atoms with Gasteiger partial charge in [0.2, 0.25) is 0 Å². The Bertz CT molecular complexity index is 193. The molecular weight excluding hydrogens is 168 g/mol. The van der Waals surface area contributed by atoms with Crippen LogP contribution in [0.1, 0.15) is 60.3 Å². The van der Waals surface area contributed by atoms with Gasteiger partial charge in [-0.2, -0.15) is 0 Å². The lowest BCUT2D eigenvalue weighted by atomic mass is 9.78. The standard InChI is InChI=1S/C14H26/c1-11(2)13-8-6-12(7-9-13)10-14(3,4)5/h10-11,13H,6-9H2,1-5H3. The third kappa shape index (κ3) is 3.86. The van der Waals surface area contributed by atoms with Crippen molar-refractivity contribution in [2.75, 3.05) is 0 Å². The molecule has 82 valence electrons. The molecule has 1 saturated carbocycles. The van der Waals surface area contributed by atoms with Crippen LogP contribution >= 0.6 is 0 Å². The molecule has 0 aliphatic heterocycles. The van der Waals surface area contributed by atoms with Crippen LogP contribution in [0.3, 0.4) is 0 Å². The third-order valence-electron chi connectivity index (χ3n) is 3.25. The summed E-state index contributed by atoms with van der Waals surface area (Å²) in [6.45, 7) is 11.6. The summed E-state index contributed by atoms with van der Waals surface area (Å²) in [7, 11) is 0. The van der Waals surface area contributed by atoms with Crippen molar-refractivity contribution in [3.05, 3.63) is 11.6 Å². The van der Waals surface area contributed by atoms with Crippen molar-refractivity contribution < 1.29 is 0 Å². The Hall–Kier alpha value is -0.260.